The van der Waals surface area contributed by atoms with Gasteiger partial charge in [-0.25, -0.2) is 0 Å². The van der Waals surface area contributed by atoms with Crippen molar-refractivity contribution in [1.29, 1.82) is 0 Å². The van der Waals surface area contributed by atoms with Crippen molar-refractivity contribution >= 4 is 11.8 Å². The van der Waals surface area contributed by atoms with Crippen LogP contribution in [-0.2, 0) is 7.05 Å². The van der Waals surface area contributed by atoms with E-state index in [1.165, 1.54) is 5.56 Å². The Morgan fingerprint density at radius 3 is 2.50 bits per heavy atom. The Hall–Kier alpha value is -2.48. The van der Waals surface area contributed by atoms with Gasteiger partial charge in [-0.1, -0.05) is 79.1 Å². The highest BCUT2D eigenvalue weighted by Gasteiger charge is 2.23. The Balaban J connectivity index is 2.03. The fourth-order valence-corrected chi connectivity index (χ4v) is 3.91. The molecule has 0 radical (unpaired) electrons. The molecule has 3 rings (SSSR count). The maximum absolute atomic E-state index is 10.9. The van der Waals surface area contributed by atoms with Crippen LogP contribution in [0.5, 0.6) is 0 Å². The number of aliphatic hydroxyl groups excluding tert-OH is 1. The number of hydrogen-bond acceptors (Lipinski definition) is 3. The minimum absolute atomic E-state index is 0.781. The van der Waals surface area contributed by atoms with E-state index in [2.05, 4.69) is 50.0 Å². The van der Waals surface area contributed by atoms with Gasteiger partial charge >= 0.3 is 0 Å². The number of hydrogen-bond donors (Lipinski definition) is 1. The zero-order valence-corrected chi connectivity index (χ0v) is 17.5. The zero-order valence-electron chi connectivity index (χ0n) is 16.6. The molecular weight excluding hydrogens is 364 g/mol. The maximum Gasteiger partial charge on any atom is 0.145 e. The molecule has 1 N–H and O–H groups in total. The highest BCUT2D eigenvalue weighted by molar-refractivity contribution is 7.99. The van der Waals surface area contributed by atoms with Crippen LogP contribution in [0.4, 0.5) is 0 Å². The summed E-state index contributed by atoms with van der Waals surface area (Å²) in [5, 5.41) is 16.6. The third-order valence-electron chi connectivity index (χ3n) is 4.48. The number of aryl methyl sites for hydroxylation is 2. The van der Waals surface area contributed by atoms with Gasteiger partial charge in [-0.15, -0.1) is 5.92 Å². The molecule has 1 aromatic heterocycles. The molecule has 0 saturated carbocycles. The van der Waals surface area contributed by atoms with Gasteiger partial charge < -0.3 is 5.11 Å². The summed E-state index contributed by atoms with van der Waals surface area (Å²) < 4.78 is 1.85. The molecule has 144 valence electrons. The normalized spacial score (nSPS) is 11.7. The van der Waals surface area contributed by atoms with Gasteiger partial charge in [0, 0.05) is 23.9 Å². The average Bonchev–Trinajstić information content (AvgIpc) is 3.04. The van der Waals surface area contributed by atoms with Crippen molar-refractivity contribution in [1.82, 2.24) is 9.78 Å². The summed E-state index contributed by atoms with van der Waals surface area (Å²) in [6.07, 6.45) is 2.08. The van der Waals surface area contributed by atoms with Gasteiger partial charge in [-0.05, 0) is 25.5 Å². The number of aromatic nitrogens is 2. The predicted octanol–water partition coefficient (Wildman–Crippen LogP) is 5.77. The highest BCUT2D eigenvalue weighted by Crippen LogP contribution is 2.38. The van der Waals surface area contributed by atoms with E-state index in [-0.39, 0.29) is 0 Å². The first-order valence-electron chi connectivity index (χ1n) is 9.63. The zero-order chi connectivity index (χ0) is 19.9. The molecule has 1 atom stereocenters. The fourth-order valence-electron chi connectivity index (χ4n) is 2.93. The lowest BCUT2D eigenvalue weighted by molar-refractivity contribution is 0.235. The molecule has 0 bridgehead atoms. The number of nitrogens with zero attached hydrogens (tertiary/aromatic N) is 2. The third kappa shape index (κ3) is 4.86. The van der Waals surface area contributed by atoms with Crippen LogP contribution in [-0.4, -0.2) is 14.9 Å². The molecular formula is C24H26N2OS. The van der Waals surface area contributed by atoms with Crippen LogP contribution < -0.4 is 0 Å². The molecule has 0 amide bonds. The second kappa shape index (κ2) is 9.64. The van der Waals surface area contributed by atoms with Gasteiger partial charge in [0.15, 0.2) is 0 Å². The minimum atomic E-state index is -0.867. The number of rotatable bonds is 6. The van der Waals surface area contributed by atoms with Crippen molar-refractivity contribution in [2.45, 2.75) is 49.1 Å². The van der Waals surface area contributed by atoms with Gasteiger partial charge in [0.2, 0.25) is 0 Å². The van der Waals surface area contributed by atoms with Crippen LogP contribution in [0.15, 0.2) is 64.5 Å². The van der Waals surface area contributed by atoms with E-state index < -0.39 is 6.10 Å². The van der Waals surface area contributed by atoms with E-state index in [9.17, 15) is 5.11 Å². The molecule has 0 aliphatic carbocycles. The second-order valence-corrected chi connectivity index (χ2v) is 7.86. The molecule has 0 saturated heterocycles. The first-order valence-corrected chi connectivity index (χ1v) is 10.4. The van der Waals surface area contributed by atoms with E-state index in [1.54, 1.807) is 11.8 Å². The second-order valence-electron chi connectivity index (χ2n) is 6.80. The van der Waals surface area contributed by atoms with E-state index in [0.29, 0.717) is 0 Å². The highest BCUT2D eigenvalue weighted by atomic mass is 32.2. The molecule has 3 nitrogen and oxygen atoms in total. The van der Waals surface area contributed by atoms with Crippen LogP contribution in [0.25, 0.3) is 11.3 Å². The predicted molar refractivity (Wildman–Crippen MR) is 116 cm³/mol. The quantitative estimate of drug-likeness (QED) is 0.429. The van der Waals surface area contributed by atoms with E-state index in [1.807, 2.05) is 42.1 Å². The summed E-state index contributed by atoms with van der Waals surface area (Å²) in [5.41, 5.74) is 3.78. The number of aliphatic hydroxyl groups is 1. The molecule has 2 aromatic carbocycles. The van der Waals surface area contributed by atoms with Gasteiger partial charge in [-0.2, -0.15) is 5.10 Å². The van der Waals surface area contributed by atoms with E-state index in [4.69, 9.17) is 5.10 Å². The monoisotopic (exact) mass is 390 g/mol. The Labute approximate surface area is 171 Å². The Bertz CT molecular complexity index is 966. The van der Waals surface area contributed by atoms with Gasteiger partial charge in [-0.3, -0.25) is 4.68 Å². The van der Waals surface area contributed by atoms with Crippen LogP contribution in [0.2, 0.25) is 0 Å². The van der Waals surface area contributed by atoms with Crippen LogP contribution in [0.3, 0.4) is 0 Å². The van der Waals surface area contributed by atoms with Crippen molar-refractivity contribution in [3.8, 4) is 23.1 Å². The van der Waals surface area contributed by atoms with Crippen molar-refractivity contribution in [3.05, 3.63) is 65.7 Å². The smallest absolute Gasteiger partial charge is 0.145 e. The van der Waals surface area contributed by atoms with Crippen molar-refractivity contribution in [2.75, 3.05) is 0 Å². The maximum atomic E-state index is 10.9. The summed E-state index contributed by atoms with van der Waals surface area (Å²) >= 11 is 1.61. The van der Waals surface area contributed by atoms with E-state index in [0.717, 1.165) is 46.0 Å². The van der Waals surface area contributed by atoms with Gasteiger partial charge in [0.05, 0.1) is 5.56 Å². The largest absolute Gasteiger partial charge is 0.376 e. The van der Waals surface area contributed by atoms with Crippen molar-refractivity contribution in [3.63, 3.8) is 0 Å². The standard InChI is InChI=1S/C24H26N2OS/c1-4-5-6-10-13-21(27)22-23(19-11-8-7-9-12-19)25-26(3)24(22)28-20-16-14-18(2)15-17-20/h7-9,11-12,14-17,21,27H,4-6H2,1-3H3. The lowest BCUT2D eigenvalue weighted by atomic mass is 10.0. The summed E-state index contributed by atoms with van der Waals surface area (Å²) in [4.78, 5) is 1.11. The number of benzene rings is 2. The summed E-state index contributed by atoms with van der Waals surface area (Å²) in [6, 6.07) is 18.4. The Kier molecular flexibility index (Phi) is 6.97. The van der Waals surface area contributed by atoms with Crippen molar-refractivity contribution < 1.29 is 5.11 Å². The molecule has 1 unspecified atom stereocenters. The molecule has 0 spiro atoms. The van der Waals surface area contributed by atoms with Gasteiger partial charge in [0.25, 0.3) is 0 Å². The number of unbranched alkanes of at least 4 members (excludes halogenated alkanes) is 2. The summed E-state index contributed by atoms with van der Waals surface area (Å²) in [7, 11) is 1.92. The first kappa shape index (κ1) is 20.3. The summed E-state index contributed by atoms with van der Waals surface area (Å²) in [6.45, 7) is 4.22. The lowest BCUT2D eigenvalue weighted by Gasteiger charge is -2.10. The third-order valence-corrected chi connectivity index (χ3v) is 5.67. The van der Waals surface area contributed by atoms with E-state index >= 15 is 0 Å². The lowest BCUT2D eigenvalue weighted by Crippen LogP contribution is -1.99. The molecule has 3 aromatic rings. The molecule has 0 fully saturated rings. The molecule has 0 aliphatic rings. The van der Waals surface area contributed by atoms with Crippen LogP contribution in [0.1, 0.15) is 43.4 Å². The van der Waals surface area contributed by atoms with Gasteiger partial charge in [0.1, 0.15) is 16.8 Å². The molecule has 0 aliphatic heterocycles. The molecule has 28 heavy (non-hydrogen) atoms. The minimum Gasteiger partial charge on any atom is -0.376 e. The Morgan fingerprint density at radius 2 is 1.82 bits per heavy atom. The fraction of sp³-hybridized carbons (Fsp3) is 0.292. The summed E-state index contributed by atoms with van der Waals surface area (Å²) in [5.74, 6) is 6.16. The van der Waals surface area contributed by atoms with Crippen molar-refractivity contribution in [2.24, 2.45) is 7.05 Å². The molecule has 1 heterocycles. The van der Waals surface area contributed by atoms with Crippen LogP contribution >= 0.6 is 11.8 Å². The topological polar surface area (TPSA) is 38.1 Å². The SMILES string of the molecule is CCCCC#CC(O)c1c(-c2ccccc2)nn(C)c1Sc1ccc(C)cc1. The first-order chi connectivity index (χ1) is 13.6. The van der Waals surface area contributed by atoms with Crippen LogP contribution in [0, 0.1) is 18.8 Å². The Morgan fingerprint density at radius 1 is 1.11 bits per heavy atom. The molecule has 4 heteroatoms. The average molecular weight is 391 g/mol.